The molecular weight excluding hydrogens is 392 g/mol. The molecule has 0 amide bonds. The zero-order valence-electron chi connectivity index (χ0n) is 16.2. The highest BCUT2D eigenvalue weighted by Gasteiger charge is 2.24. The van der Waals surface area contributed by atoms with Crippen LogP contribution in [-0.4, -0.2) is 15.6 Å². The Labute approximate surface area is 170 Å². The number of aromatic nitrogens is 1. The number of fused-ring (bicyclic) bond motifs is 1. The van der Waals surface area contributed by atoms with Crippen molar-refractivity contribution in [3.63, 3.8) is 0 Å². The van der Waals surface area contributed by atoms with E-state index in [1.807, 2.05) is 18.4 Å². The minimum absolute atomic E-state index is 0.0567. The third-order valence-corrected chi connectivity index (χ3v) is 6.07. The molecule has 2 aromatic carbocycles. The third kappa shape index (κ3) is 3.23. The average molecular weight is 411 g/mol. The molecule has 2 aromatic heterocycles. The number of thiophene rings is 1. The largest absolute Gasteiger partial charge is 0.477 e. The van der Waals surface area contributed by atoms with E-state index in [0.717, 1.165) is 27.3 Å². The van der Waals surface area contributed by atoms with E-state index >= 15 is 0 Å². The summed E-state index contributed by atoms with van der Waals surface area (Å²) < 4.78 is 30.1. The molecule has 0 spiro atoms. The highest BCUT2D eigenvalue weighted by Crippen LogP contribution is 2.43. The zero-order valence-corrected chi connectivity index (χ0v) is 17.0. The Morgan fingerprint density at radius 2 is 1.83 bits per heavy atom. The Morgan fingerprint density at radius 3 is 2.45 bits per heavy atom. The number of halogens is 2. The number of benzene rings is 2. The Kier molecular flexibility index (Phi) is 4.74. The highest BCUT2D eigenvalue weighted by atomic mass is 32.1. The number of hydrogen-bond acceptors (Lipinski definition) is 2. The standard InChI is InChI=1S/C23H19F2NO2S/c1-12(2)22-21(19-8-9-20(29-19)23(27)28)16-11-14(24)4-7-18(16)26(22)15-5-6-17(25)13(3)10-15/h4-12H,1-3H3,(H,27,28). The van der Waals surface area contributed by atoms with Gasteiger partial charge in [-0.2, -0.15) is 0 Å². The molecule has 4 aromatic rings. The zero-order chi connectivity index (χ0) is 20.9. The minimum Gasteiger partial charge on any atom is -0.477 e. The van der Waals surface area contributed by atoms with Crippen LogP contribution in [0, 0.1) is 18.6 Å². The number of carboxylic acid groups (broad SMARTS) is 1. The maximum atomic E-state index is 14.2. The fourth-order valence-electron chi connectivity index (χ4n) is 3.72. The van der Waals surface area contributed by atoms with Crippen LogP contribution in [0.25, 0.3) is 27.0 Å². The number of aromatic carboxylic acids is 1. The summed E-state index contributed by atoms with van der Waals surface area (Å²) in [4.78, 5) is 12.4. The summed E-state index contributed by atoms with van der Waals surface area (Å²) in [5.74, 6) is -1.58. The maximum absolute atomic E-state index is 14.2. The van der Waals surface area contributed by atoms with Gasteiger partial charge in [0.15, 0.2) is 0 Å². The fraction of sp³-hybridized carbons (Fsp3) is 0.174. The monoisotopic (exact) mass is 411 g/mol. The summed E-state index contributed by atoms with van der Waals surface area (Å²) in [5.41, 5.74) is 3.84. The lowest BCUT2D eigenvalue weighted by Gasteiger charge is -2.16. The van der Waals surface area contributed by atoms with E-state index in [4.69, 9.17) is 0 Å². The maximum Gasteiger partial charge on any atom is 0.345 e. The summed E-state index contributed by atoms with van der Waals surface area (Å²) in [6, 6.07) is 12.8. The summed E-state index contributed by atoms with van der Waals surface area (Å²) in [5, 5.41) is 10.0. The van der Waals surface area contributed by atoms with Crippen molar-refractivity contribution in [3.8, 4) is 16.1 Å². The van der Waals surface area contributed by atoms with Crippen LogP contribution in [0.15, 0.2) is 48.5 Å². The van der Waals surface area contributed by atoms with E-state index in [1.165, 1.54) is 29.5 Å². The van der Waals surface area contributed by atoms with Gasteiger partial charge in [0.05, 0.1) is 5.52 Å². The van der Waals surface area contributed by atoms with Crippen LogP contribution in [-0.2, 0) is 0 Å². The van der Waals surface area contributed by atoms with Crippen LogP contribution >= 0.6 is 11.3 Å². The molecular formula is C23H19F2NO2S. The van der Waals surface area contributed by atoms with Crippen LogP contribution in [0.2, 0.25) is 0 Å². The second-order valence-electron chi connectivity index (χ2n) is 7.31. The Balaban J connectivity index is 2.12. The van der Waals surface area contributed by atoms with E-state index in [0.29, 0.717) is 10.9 Å². The molecule has 0 saturated heterocycles. The van der Waals surface area contributed by atoms with Gasteiger partial charge in [-0.25, -0.2) is 13.6 Å². The minimum atomic E-state index is -0.989. The molecule has 1 N–H and O–H groups in total. The number of aryl methyl sites for hydroxylation is 1. The molecule has 0 aliphatic heterocycles. The van der Waals surface area contributed by atoms with Crippen LogP contribution < -0.4 is 0 Å². The highest BCUT2D eigenvalue weighted by molar-refractivity contribution is 7.17. The molecule has 4 rings (SSSR count). The second kappa shape index (κ2) is 7.12. The Bertz CT molecular complexity index is 1250. The van der Waals surface area contributed by atoms with Crippen molar-refractivity contribution >= 4 is 28.2 Å². The van der Waals surface area contributed by atoms with Gasteiger partial charge in [0, 0.05) is 27.2 Å². The normalized spacial score (nSPS) is 11.5. The van der Waals surface area contributed by atoms with E-state index in [1.54, 1.807) is 37.3 Å². The van der Waals surface area contributed by atoms with E-state index in [9.17, 15) is 18.7 Å². The van der Waals surface area contributed by atoms with Gasteiger partial charge in [-0.15, -0.1) is 11.3 Å². The van der Waals surface area contributed by atoms with E-state index in [2.05, 4.69) is 0 Å². The van der Waals surface area contributed by atoms with Gasteiger partial charge in [0.1, 0.15) is 16.5 Å². The van der Waals surface area contributed by atoms with Gasteiger partial charge >= 0.3 is 5.97 Å². The first-order chi connectivity index (χ1) is 13.8. The predicted octanol–water partition coefficient (Wildman–Crippen LogP) is 6.77. The van der Waals surface area contributed by atoms with Crippen LogP contribution in [0.5, 0.6) is 0 Å². The topological polar surface area (TPSA) is 42.2 Å². The van der Waals surface area contributed by atoms with Gasteiger partial charge in [-0.3, -0.25) is 0 Å². The van der Waals surface area contributed by atoms with E-state index < -0.39 is 5.97 Å². The van der Waals surface area contributed by atoms with Gasteiger partial charge in [0.25, 0.3) is 0 Å². The molecule has 29 heavy (non-hydrogen) atoms. The van der Waals surface area contributed by atoms with Gasteiger partial charge in [0.2, 0.25) is 0 Å². The number of nitrogens with zero attached hydrogens (tertiary/aromatic N) is 1. The molecule has 0 fully saturated rings. The van der Waals surface area contributed by atoms with Crippen molar-refractivity contribution in [3.05, 3.63) is 76.3 Å². The number of carbonyl (C=O) groups is 1. The number of hydrogen-bond donors (Lipinski definition) is 1. The molecule has 0 unspecified atom stereocenters. The van der Waals surface area contributed by atoms with Gasteiger partial charge in [-0.05, 0) is 66.9 Å². The van der Waals surface area contributed by atoms with Crippen molar-refractivity contribution in [1.29, 1.82) is 0 Å². The first-order valence-electron chi connectivity index (χ1n) is 9.21. The van der Waals surface area contributed by atoms with Gasteiger partial charge < -0.3 is 9.67 Å². The van der Waals surface area contributed by atoms with Crippen molar-refractivity contribution in [2.75, 3.05) is 0 Å². The van der Waals surface area contributed by atoms with E-state index in [-0.39, 0.29) is 22.4 Å². The lowest BCUT2D eigenvalue weighted by Crippen LogP contribution is -2.03. The lowest BCUT2D eigenvalue weighted by atomic mass is 10.0. The van der Waals surface area contributed by atoms with Crippen molar-refractivity contribution < 1.29 is 18.7 Å². The molecule has 3 nitrogen and oxygen atoms in total. The lowest BCUT2D eigenvalue weighted by molar-refractivity contribution is 0.0702. The average Bonchev–Trinajstić information content (AvgIpc) is 3.26. The molecule has 0 aliphatic carbocycles. The summed E-state index contributed by atoms with van der Waals surface area (Å²) in [6.07, 6.45) is 0. The first kappa shape index (κ1) is 19.3. The van der Waals surface area contributed by atoms with Crippen LogP contribution in [0.3, 0.4) is 0 Å². The quantitative estimate of drug-likeness (QED) is 0.403. The van der Waals surface area contributed by atoms with Crippen molar-refractivity contribution in [1.82, 2.24) is 4.57 Å². The van der Waals surface area contributed by atoms with Crippen molar-refractivity contribution in [2.24, 2.45) is 0 Å². The van der Waals surface area contributed by atoms with Crippen LogP contribution in [0.4, 0.5) is 8.78 Å². The smallest absolute Gasteiger partial charge is 0.345 e. The summed E-state index contributed by atoms with van der Waals surface area (Å²) in [7, 11) is 0. The molecule has 2 heterocycles. The van der Waals surface area contributed by atoms with Gasteiger partial charge in [-0.1, -0.05) is 13.8 Å². The molecule has 0 aliphatic rings. The molecule has 0 radical (unpaired) electrons. The number of carboxylic acids is 1. The molecule has 148 valence electrons. The first-order valence-corrected chi connectivity index (χ1v) is 10.0. The van der Waals surface area contributed by atoms with Crippen LogP contribution in [0.1, 0.15) is 40.7 Å². The second-order valence-corrected chi connectivity index (χ2v) is 8.40. The molecule has 6 heteroatoms. The Morgan fingerprint density at radius 1 is 1.07 bits per heavy atom. The van der Waals surface area contributed by atoms with Crippen molar-refractivity contribution in [2.45, 2.75) is 26.7 Å². The summed E-state index contributed by atoms with van der Waals surface area (Å²) >= 11 is 1.17. The third-order valence-electron chi connectivity index (χ3n) is 4.98. The molecule has 0 saturated carbocycles. The molecule has 0 bridgehead atoms. The predicted molar refractivity (Wildman–Crippen MR) is 112 cm³/mol. The fourth-order valence-corrected chi connectivity index (χ4v) is 4.64. The Hall–Kier alpha value is -2.99. The SMILES string of the molecule is Cc1cc(-n2c(C(C)C)c(-c3ccc(C(=O)O)s3)c3cc(F)ccc32)ccc1F. The number of rotatable bonds is 4. The molecule has 0 atom stereocenters. The summed E-state index contributed by atoms with van der Waals surface area (Å²) in [6.45, 7) is 5.78.